The highest BCUT2D eigenvalue weighted by atomic mass is 35.5. The zero-order chi connectivity index (χ0) is 23.5. The second-order valence-electron chi connectivity index (χ2n) is 8.87. The lowest BCUT2D eigenvalue weighted by molar-refractivity contribution is -0.140. The molecule has 0 radical (unpaired) electrons. The number of ether oxygens (including phenoxy) is 2. The molecule has 2 fully saturated rings. The molecule has 4 rings (SSSR count). The first kappa shape index (κ1) is 23.3. The monoisotopic (exact) mass is 469 g/mol. The van der Waals surface area contributed by atoms with E-state index in [0.717, 1.165) is 12.8 Å². The van der Waals surface area contributed by atoms with Crippen molar-refractivity contribution in [2.75, 3.05) is 19.8 Å². The van der Waals surface area contributed by atoms with E-state index in [4.69, 9.17) is 21.1 Å². The summed E-state index contributed by atoms with van der Waals surface area (Å²) in [6.45, 7) is 5.64. The van der Waals surface area contributed by atoms with Crippen LogP contribution in [0.5, 0.6) is 5.75 Å². The predicted molar refractivity (Wildman–Crippen MR) is 126 cm³/mol. The second kappa shape index (κ2) is 9.98. The molecule has 2 aromatic rings. The maximum Gasteiger partial charge on any atom is 0.295 e. The Kier molecular flexibility index (Phi) is 7.05. The van der Waals surface area contributed by atoms with E-state index in [2.05, 4.69) is 13.8 Å². The molecule has 2 aliphatic rings. The van der Waals surface area contributed by atoms with Gasteiger partial charge in [0.05, 0.1) is 24.3 Å². The van der Waals surface area contributed by atoms with Crippen LogP contribution in [0.3, 0.4) is 0 Å². The van der Waals surface area contributed by atoms with Gasteiger partial charge in [-0.1, -0.05) is 37.6 Å². The zero-order valence-corrected chi connectivity index (χ0v) is 19.5. The molecule has 33 heavy (non-hydrogen) atoms. The minimum absolute atomic E-state index is 0.0659. The molecule has 0 saturated carbocycles. The Morgan fingerprint density at radius 1 is 1.15 bits per heavy atom. The molecule has 174 valence electrons. The number of aliphatic hydroxyl groups is 1. The number of aliphatic hydroxyl groups excluding tert-OH is 1. The van der Waals surface area contributed by atoms with Crippen molar-refractivity contribution in [2.24, 2.45) is 5.92 Å². The smallest absolute Gasteiger partial charge is 0.295 e. The SMILES string of the molecule is CC(C)COc1ccc(/C(O)=C2/C(=O)C(=O)N(CC3CCCO3)C2c2ccc(Cl)cc2)cc1. The van der Waals surface area contributed by atoms with Crippen LogP contribution in [0.15, 0.2) is 54.1 Å². The molecule has 1 amide bonds. The lowest BCUT2D eigenvalue weighted by Gasteiger charge is -2.27. The molecule has 1 N–H and O–H groups in total. The van der Waals surface area contributed by atoms with E-state index in [9.17, 15) is 14.7 Å². The van der Waals surface area contributed by atoms with Crippen molar-refractivity contribution in [1.82, 2.24) is 4.90 Å². The molecule has 2 heterocycles. The fourth-order valence-corrected chi connectivity index (χ4v) is 4.32. The summed E-state index contributed by atoms with van der Waals surface area (Å²) >= 11 is 6.06. The number of hydrogen-bond donors (Lipinski definition) is 1. The molecule has 2 aromatic carbocycles. The van der Waals surface area contributed by atoms with Crippen molar-refractivity contribution in [3.05, 3.63) is 70.3 Å². The first-order valence-corrected chi connectivity index (χ1v) is 11.6. The van der Waals surface area contributed by atoms with Crippen LogP contribution in [0, 0.1) is 5.92 Å². The highest BCUT2D eigenvalue weighted by Crippen LogP contribution is 2.40. The lowest BCUT2D eigenvalue weighted by Crippen LogP contribution is -2.36. The van der Waals surface area contributed by atoms with Gasteiger partial charge in [-0.25, -0.2) is 0 Å². The average molecular weight is 470 g/mol. The Labute approximate surface area is 198 Å². The second-order valence-corrected chi connectivity index (χ2v) is 9.30. The minimum atomic E-state index is -0.719. The summed E-state index contributed by atoms with van der Waals surface area (Å²) in [5.41, 5.74) is 1.21. The van der Waals surface area contributed by atoms with Crippen LogP contribution in [0.2, 0.25) is 5.02 Å². The number of ketones is 1. The predicted octanol–water partition coefficient (Wildman–Crippen LogP) is 4.98. The molecular weight excluding hydrogens is 442 g/mol. The zero-order valence-electron chi connectivity index (χ0n) is 18.8. The van der Waals surface area contributed by atoms with Crippen molar-refractivity contribution in [2.45, 2.75) is 38.8 Å². The Morgan fingerprint density at radius 3 is 2.45 bits per heavy atom. The standard InChI is InChI=1S/C26H28ClNO5/c1-16(2)15-33-20-11-7-18(8-12-20)24(29)22-23(17-5-9-19(27)10-6-17)28(26(31)25(22)30)14-21-4-3-13-32-21/h5-12,16,21,23,29H,3-4,13-15H2,1-2H3/b24-22-. The summed E-state index contributed by atoms with van der Waals surface area (Å²) < 4.78 is 11.4. The number of hydrogen-bond acceptors (Lipinski definition) is 5. The minimum Gasteiger partial charge on any atom is -0.507 e. The van der Waals surface area contributed by atoms with Crippen molar-refractivity contribution >= 4 is 29.1 Å². The maximum absolute atomic E-state index is 13.1. The van der Waals surface area contributed by atoms with Crippen LogP contribution in [0.4, 0.5) is 0 Å². The molecule has 0 bridgehead atoms. The largest absolute Gasteiger partial charge is 0.507 e. The van der Waals surface area contributed by atoms with Crippen LogP contribution in [-0.2, 0) is 14.3 Å². The number of likely N-dealkylation sites (tertiary alicyclic amines) is 1. The average Bonchev–Trinajstić information content (AvgIpc) is 3.41. The fourth-order valence-electron chi connectivity index (χ4n) is 4.20. The molecule has 2 aliphatic heterocycles. The first-order chi connectivity index (χ1) is 15.8. The van der Waals surface area contributed by atoms with E-state index in [0.29, 0.717) is 41.0 Å². The van der Waals surface area contributed by atoms with Crippen LogP contribution < -0.4 is 4.74 Å². The van der Waals surface area contributed by atoms with Gasteiger partial charge in [-0.3, -0.25) is 9.59 Å². The molecule has 2 saturated heterocycles. The number of benzene rings is 2. The van der Waals surface area contributed by atoms with Gasteiger partial charge < -0.3 is 19.5 Å². The third kappa shape index (κ3) is 5.07. The number of amides is 1. The summed E-state index contributed by atoms with van der Waals surface area (Å²) in [6.07, 6.45) is 1.62. The van der Waals surface area contributed by atoms with E-state index in [-0.39, 0.29) is 24.0 Å². The van der Waals surface area contributed by atoms with E-state index < -0.39 is 17.7 Å². The van der Waals surface area contributed by atoms with Crippen LogP contribution in [0.1, 0.15) is 43.9 Å². The summed E-state index contributed by atoms with van der Waals surface area (Å²) in [6, 6.07) is 13.1. The molecule has 0 aliphatic carbocycles. The molecule has 6 nitrogen and oxygen atoms in total. The number of Topliss-reactive ketones (excluding diaryl/α,β-unsaturated/α-hetero) is 1. The summed E-state index contributed by atoms with van der Waals surface area (Å²) in [5, 5.41) is 11.7. The first-order valence-electron chi connectivity index (χ1n) is 11.2. The van der Waals surface area contributed by atoms with Gasteiger partial charge in [0.1, 0.15) is 11.5 Å². The Bertz CT molecular complexity index is 1040. The molecule has 2 atom stereocenters. The van der Waals surface area contributed by atoms with Crippen molar-refractivity contribution in [3.63, 3.8) is 0 Å². The van der Waals surface area contributed by atoms with Crippen LogP contribution in [0.25, 0.3) is 5.76 Å². The maximum atomic E-state index is 13.1. The third-order valence-electron chi connectivity index (χ3n) is 5.86. The van der Waals surface area contributed by atoms with Gasteiger partial charge in [0.2, 0.25) is 0 Å². The van der Waals surface area contributed by atoms with E-state index in [1.165, 1.54) is 4.90 Å². The number of halogens is 1. The Morgan fingerprint density at radius 2 is 1.85 bits per heavy atom. The lowest BCUT2D eigenvalue weighted by atomic mass is 9.95. The molecule has 2 unspecified atom stereocenters. The summed E-state index contributed by atoms with van der Waals surface area (Å²) in [5.74, 6) is -0.487. The summed E-state index contributed by atoms with van der Waals surface area (Å²) in [4.78, 5) is 27.6. The Hall–Kier alpha value is -2.83. The molecule has 0 spiro atoms. The third-order valence-corrected chi connectivity index (χ3v) is 6.11. The van der Waals surface area contributed by atoms with Crippen LogP contribution >= 0.6 is 11.6 Å². The van der Waals surface area contributed by atoms with Gasteiger partial charge in [0.25, 0.3) is 11.7 Å². The van der Waals surface area contributed by atoms with Gasteiger partial charge in [-0.05, 0) is 60.7 Å². The molecule has 0 aromatic heterocycles. The normalized spacial score (nSPS) is 22.4. The topological polar surface area (TPSA) is 76.1 Å². The number of rotatable bonds is 7. The van der Waals surface area contributed by atoms with Crippen molar-refractivity contribution < 1.29 is 24.2 Å². The van der Waals surface area contributed by atoms with Gasteiger partial charge in [-0.15, -0.1) is 0 Å². The highest BCUT2D eigenvalue weighted by molar-refractivity contribution is 6.46. The van der Waals surface area contributed by atoms with Crippen molar-refractivity contribution in [3.8, 4) is 5.75 Å². The van der Waals surface area contributed by atoms with Gasteiger partial charge >= 0.3 is 0 Å². The molecule has 7 heteroatoms. The Balaban J connectivity index is 1.71. The molecular formula is C26H28ClNO5. The van der Waals surface area contributed by atoms with Crippen LogP contribution in [-0.4, -0.2) is 47.6 Å². The highest BCUT2D eigenvalue weighted by Gasteiger charge is 2.47. The number of nitrogens with zero attached hydrogens (tertiary/aromatic N) is 1. The number of carbonyl (C=O) groups excluding carboxylic acids is 2. The van der Waals surface area contributed by atoms with Gasteiger partial charge in [-0.2, -0.15) is 0 Å². The van der Waals surface area contributed by atoms with Gasteiger partial charge in [0.15, 0.2) is 0 Å². The summed E-state index contributed by atoms with van der Waals surface area (Å²) in [7, 11) is 0. The van der Waals surface area contributed by atoms with Crippen molar-refractivity contribution in [1.29, 1.82) is 0 Å². The number of carbonyl (C=O) groups is 2. The van der Waals surface area contributed by atoms with E-state index in [1.54, 1.807) is 48.5 Å². The van der Waals surface area contributed by atoms with Gasteiger partial charge in [0, 0.05) is 23.7 Å². The van der Waals surface area contributed by atoms with E-state index in [1.807, 2.05) is 0 Å². The fraction of sp³-hybridized carbons (Fsp3) is 0.385. The quantitative estimate of drug-likeness (QED) is 0.352. The van der Waals surface area contributed by atoms with E-state index >= 15 is 0 Å².